The minimum Gasteiger partial charge on any atom is -0.491 e. The number of benzene rings is 1. The summed E-state index contributed by atoms with van der Waals surface area (Å²) in [6.45, 7) is 3.77. The molecule has 0 fully saturated rings. The summed E-state index contributed by atoms with van der Waals surface area (Å²) < 4.78 is 7.73. The van der Waals surface area contributed by atoms with E-state index in [0.717, 1.165) is 40.7 Å². The Morgan fingerprint density at radius 3 is 2.38 bits per heavy atom. The third kappa shape index (κ3) is 4.07. The monoisotopic (exact) mass is 349 g/mol. The first-order chi connectivity index (χ1) is 7.69. The van der Waals surface area contributed by atoms with Gasteiger partial charge in [-0.1, -0.05) is 13.3 Å². The van der Waals surface area contributed by atoms with Crippen LogP contribution in [0.4, 0.5) is 0 Å². The Morgan fingerprint density at radius 1 is 1.25 bits per heavy atom. The van der Waals surface area contributed by atoms with Gasteiger partial charge in [0.1, 0.15) is 5.75 Å². The van der Waals surface area contributed by atoms with Crippen LogP contribution in [0.25, 0.3) is 0 Å². The third-order valence-corrected chi connectivity index (χ3v) is 3.36. The Balaban J connectivity index is 2.77. The second-order valence-corrected chi connectivity index (χ2v) is 5.33. The molecule has 0 heterocycles. The van der Waals surface area contributed by atoms with Crippen LogP contribution < -0.4 is 10.1 Å². The first-order valence-corrected chi connectivity index (χ1v) is 7.03. The van der Waals surface area contributed by atoms with Crippen molar-refractivity contribution in [3.8, 4) is 5.75 Å². The maximum Gasteiger partial charge on any atom is 0.147 e. The molecule has 0 unspecified atom stereocenters. The molecule has 0 saturated carbocycles. The Kier molecular flexibility index (Phi) is 6.39. The van der Waals surface area contributed by atoms with Crippen molar-refractivity contribution in [2.45, 2.75) is 26.3 Å². The van der Waals surface area contributed by atoms with Crippen LogP contribution in [0.15, 0.2) is 21.1 Å². The number of hydrogen-bond donors (Lipinski definition) is 1. The summed E-state index contributed by atoms with van der Waals surface area (Å²) in [6.07, 6.45) is 2.23. The van der Waals surface area contributed by atoms with Crippen molar-refractivity contribution >= 4 is 31.9 Å². The molecule has 0 aromatic heterocycles. The maximum atomic E-state index is 5.73. The molecule has 0 radical (unpaired) electrons. The van der Waals surface area contributed by atoms with E-state index in [1.165, 1.54) is 5.56 Å². The molecule has 0 aliphatic rings. The van der Waals surface area contributed by atoms with Crippen molar-refractivity contribution in [2.75, 3.05) is 13.7 Å². The highest BCUT2D eigenvalue weighted by Gasteiger charge is 2.08. The van der Waals surface area contributed by atoms with Crippen LogP contribution in [0, 0.1) is 0 Å². The first-order valence-electron chi connectivity index (χ1n) is 5.44. The van der Waals surface area contributed by atoms with E-state index in [4.69, 9.17) is 4.74 Å². The zero-order valence-electron chi connectivity index (χ0n) is 9.65. The number of rotatable bonds is 6. The van der Waals surface area contributed by atoms with Crippen LogP contribution in [0.2, 0.25) is 0 Å². The minimum absolute atomic E-state index is 0.763. The Hall–Kier alpha value is -0.0600. The SMILES string of the molecule is CCCCOc1c(Br)cc(CNC)cc1Br. The highest BCUT2D eigenvalue weighted by Crippen LogP contribution is 2.34. The molecule has 1 N–H and O–H groups in total. The average molecular weight is 351 g/mol. The van der Waals surface area contributed by atoms with Gasteiger partial charge in [-0.2, -0.15) is 0 Å². The van der Waals surface area contributed by atoms with Gasteiger partial charge in [-0.3, -0.25) is 0 Å². The van der Waals surface area contributed by atoms with Gasteiger partial charge in [0, 0.05) is 6.54 Å². The van der Waals surface area contributed by atoms with Crippen molar-refractivity contribution in [3.63, 3.8) is 0 Å². The summed E-state index contributed by atoms with van der Waals surface area (Å²) in [6, 6.07) is 4.17. The van der Waals surface area contributed by atoms with Crippen molar-refractivity contribution in [2.24, 2.45) is 0 Å². The molecule has 4 heteroatoms. The van der Waals surface area contributed by atoms with E-state index < -0.39 is 0 Å². The Labute approximate surface area is 114 Å². The molecule has 90 valence electrons. The van der Waals surface area contributed by atoms with E-state index in [9.17, 15) is 0 Å². The molecule has 0 bridgehead atoms. The largest absolute Gasteiger partial charge is 0.491 e. The number of halogens is 2. The molecule has 0 spiro atoms. The lowest BCUT2D eigenvalue weighted by Gasteiger charge is -2.11. The number of hydrogen-bond acceptors (Lipinski definition) is 2. The molecule has 1 aromatic carbocycles. The van der Waals surface area contributed by atoms with Gasteiger partial charge < -0.3 is 10.1 Å². The number of unbranched alkanes of at least 4 members (excludes halogenated alkanes) is 1. The minimum atomic E-state index is 0.763. The molecule has 2 nitrogen and oxygen atoms in total. The van der Waals surface area contributed by atoms with Crippen molar-refractivity contribution in [3.05, 3.63) is 26.6 Å². The molecule has 0 aliphatic heterocycles. The second-order valence-electron chi connectivity index (χ2n) is 3.62. The van der Waals surface area contributed by atoms with E-state index >= 15 is 0 Å². The molecule has 0 amide bonds. The number of ether oxygens (including phenoxy) is 1. The quantitative estimate of drug-likeness (QED) is 0.779. The Bertz CT molecular complexity index is 319. The van der Waals surface area contributed by atoms with Gasteiger partial charge in [0.25, 0.3) is 0 Å². The van der Waals surface area contributed by atoms with Gasteiger partial charge in [-0.15, -0.1) is 0 Å². The molecule has 0 aliphatic carbocycles. The van der Waals surface area contributed by atoms with Crippen LogP contribution >= 0.6 is 31.9 Å². The predicted molar refractivity (Wildman–Crippen MR) is 75.0 cm³/mol. The molecular weight excluding hydrogens is 334 g/mol. The topological polar surface area (TPSA) is 21.3 Å². The lowest BCUT2D eigenvalue weighted by molar-refractivity contribution is 0.305. The third-order valence-electron chi connectivity index (χ3n) is 2.18. The molecule has 0 atom stereocenters. The van der Waals surface area contributed by atoms with Crippen LogP contribution in [0.1, 0.15) is 25.3 Å². The van der Waals surface area contributed by atoms with Gasteiger partial charge in [-0.05, 0) is 63.0 Å². The van der Waals surface area contributed by atoms with Gasteiger partial charge in [-0.25, -0.2) is 0 Å². The van der Waals surface area contributed by atoms with E-state index in [1.807, 2.05) is 7.05 Å². The molecule has 16 heavy (non-hydrogen) atoms. The van der Waals surface area contributed by atoms with Crippen LogP contribution in [0.5, 0.6) is 5.75 Å². The highest BCUT2D eigenvalue weighted by molar-refractivity contribution is 9.11. The Morgan fingerprint density at radius 2 is 1.88 bits per heavy atom. The predicted octanol–water partition coefficient (Wildman–Crippen LogP) is 4.11. The summed E-state index contributed by atoms with van der Waals surface area (Å²) in [5.74, 6) is 0.897. The summed E-state index contributed by atoms with van der Waals surface area (Å²) in [4.78, 5) is 0. The summed E-state index contributed by atoms with van der Waals surface area (Å²) in [7, 11) is 1.94. The second kappa shape index (κ2) is 7.30. The molecule has 0 saturated heterocycles. The lowest BCUT2D eigenvalue weighted by atomic mass is 10.2. The van der Waals surface area contributed by atoms with Gasteiger partial charge in [0.2, 0.25) is 0 Å². The van der Waals surface area contributed by atoms with Crippen molar-refractivity contribution in [1.82, 2.24) is 5.32 Å². The van der Waals surface area contributed by atoms with Gasteiger partial charge >= 0.3 is 0 Å². The standard InChI is InChI=1S/C12H17Br2NO/c1-3-4-5-16-12-10(13)6-9(8-15-2)7-11(12)14/h6-7,15H,3-5,8H2,1-2H3. The normalized spacial score (nSPS) is 10.5. The average Bonchev–Trinajstić information content (AvgIpc) is 2.23. The van der Waals surface area contributed by atoms with E-state index in [-0.39, 0.29) is 0 Å². The highest BCUT2D eigenvalue weighted by atomic mass is 79.9. The van der Waals surface area contributed by atoms with Crippen LogP contribution in [-0.4, -0.2) is 13.7 Å². The summed E-state index contributed by atoms with van der Waals surface area (Å²) in [5.41, 5.74) is 1.23. The first kappa shape index (κ1) is 14.0. The van der Waals surface area contributed by atoms with E-state index in [0.29, 0.717) is 0 Å². The zero-order valence-corrected chi connectivity index (χ0v) is 12.8. The molecule has 1 rings (SSSR count). The van der Waals surface area contributed by atoms with Crippen molar-refractivity contribution in [1.29, 1.82) is 0 Å². The maximum absolute atomic E-state index is 5.73. The fourth-order valence-corrected chi connectivity index (χ4v) is 2.89. The van der Waals surface area contributed by atoms with Gasteiger partial charge in [0.05, 0.1) is 15.6 Å². The fourth-order valence-electron chi connectivity index (χ4n) is 1.38. The van der Waals surface area contributed by atoms with E-state index in [2.05, 4.69) is 56.2 Å². The van der Waals surface area contributed by atoms with Gasteiger partial charge in [0.15, 0.2) is 0 Å². The summed E-state index contributed by atoms with van der Waals surface area (Å²) >= 11 is 7.07. The smallest absolute Gasteiger partial charge is 0.147 e. The molecular formula is C12H17Br2NO. The molecule has 1 aromatic rings. The van der Waals surface area contributed by atoms with Crippen LogP contribution in [0.3, 0.4) is 0 Å². The zero-order chi connectivity index (χ0) is 12.0. The summed E-state index contributed by atoms with van der Waals surface area (Å²) in [5, 5.41) is 3.13. The van der Waals surface area contributed by atoms with Crippen molar-refractivity contribution < 1.29 is 4.74 Å². The number of nitrogens with one attached hydrogen (secondary N) is 1. The van der Waals surface area contributed by atoms with Crippen LogP contribution in [-0.2, 0) is 6.54 Å². The fraction of sp³-hybridized carbons (Fsp3) is 0.500. The van der Waals surface area contributed by atoms with E-state index in [1.54, 1.807) is 0 Å². The lowest BCUT2D eigenvalue weighted by Crippen LogP contribution is -2.05.